The zero-order chi connectivity index (χ0) is 9.26. The average Bonchev–Trinajstić information content (AvgIpc) is 2.52. The van der Waals surface area contributed by atoms with Crippen LogP contribution in [0, 0.1) is 6.92 Å². The molecule has 1 heterocycles. The summed E-state index contributed by atoms with van der Waals surface area (Å²) < 4.78 is 1.81. The highest BCUT2D eigenvalue weighted by Crippen LogP contribution is 2.11. The lowest BCUT2D eigenvalue weighted by Gasteiger charge is -2.01. The summed E-state index contributed by atoms with van der Waals surface area (Å²) in [5.41, 5.74) is 8.55. The number of anilines is 1. The first-order valence-electron chi connectivity index (χ1n) is 4.13. The molecule has 0 amide bonds. The molecule has 1 aromatic heterocycles. The maximum atomic E-state index is 5.66. The zero-order valence-corrected chi connectivity index (χ0v) is 7.44. The Morgan fingerprint density at radius 2 is 2.23 bits per heavy atom. The van der Waals surface area contributed by atoms with Crippen molar-refractivity contribution in [2.24, 2.45) is 0 Å². The van der Waals surface area contributed by atoms with E-state index in [1.54, 1.807) is 0 Å². The largest absolute Gasteiger partial charge is 0.399 e. The Morgan fingerprint density at radius 3 is 2.85 bits per heavy atom. The van der Waals surface area contributed by atoms with E-state index in [2.05, 4.69) is 5.10 Å². The third-order valence-corrected chi connectivity index (χ3v) is 1.85. The van der Waals surface area contributed by atoms with Crippen molar-refractivity contribution >= 4 is 5.69 Å². The predicted octanol–water partition coefficient (Wildman–Crippen LogP) is 1.76. The normalized spacial score (nSPS) is 10.2. The van der Waals surface area contributed by atoms with Crippen LogP contribution in [0.15, 0.2) is 36.7 Å². The lowest BCUT2D eigenvalue weighted by atomic mass is 10.3. The van der Waals surface area contributed by atoms with Crippen molar-refractivity contribution in [1.29, 1.82) is 0 Å². The molecule has 0 aliphatic heterocycles. The molecule has 2 N–H and O–H groups in total. The molecule has 66 valence electrons. The van der Waals surface area contributed by atoms with Crippen LogP contribution in [0.5, 0.6) is 0 Å². The van der Waals surface area contributed by atoms with Crippen LogP contribution in [0.1, 0.15) is 5.56 Å². The van der Waals surface area contributed by atoms with Crippen molar-refractivity contribution in [3.63, 3.8) is 0 Å². The number of nitrogens with zero attached hydrogens (tertiary/aromatic N) is 2. The Hall–Kier alpha value is -1.77. The summed E-state index contributed by atoms with van der Waals surface area (Å²) in [6, 6.07) is 7.65. The van der Waals surface area contributed by atoms with Gasteiger partial charge >= 0.3 is 0 Å². The number of aryl methyl sites for hydroxylation is 1. The SMILES string of the molecule is Cc1cnn(-c2cccc(N)c2)c1. The smallest absolute Gasteiger partial charge is 0.0666 e. The minimum atomic E-state index is 0.755. The zero-order valence-electron chi connectivity index (χ0n) is 7.44. The highest BCUT2D eigenvalue weighted by atomic mass is 15.3. The van der Waals surface area contributed by atoms with E-state index in [0.717, 1.165) is 16.9 Å². The second-order valence-corrected chi connectivity index (χ2v) is 3.06. The molecule has 0 saturated carbocycles. The maximum Gasteiger partial charge on any atom is 0.0666 e. The quantitative estimate of drug-likeness (QED) is 0.668. The molecule has 0 spiro atoms. The van der Waals surface area contributed by atoms with Gasteiger partial charge in [0.2, 0.25) is 0 Å². The van der Waals surface area contributed by atoms with Crippen LogP contribution >= 0.6 is 0 Å². The fourth-order valence-corrected chi connectivity index (χ4v) is 1.22. The van der Waals surface area contributed by atoms with Gasteiger partial charge in [0.05, 0.1) is 11.9 Å². The molecule has 0 unspecified atom stereocenters. The Bertz CT molecular complexity index is 418. The molecule has 0 aliphatic carbocycles. The van der Waals surface area contributed by atoms with Crippen molar-refractivity contribution < 1.29 is 0 Å². The van der Waals surface area contributed by atoms with Crippen LogP contribution in [-0.2, 0) is 0 Å². The van der Waals surface area contributed by atoms with Gasteiger partial charge in [-0.15, -0.1) is 0 Å². The Balaban J connectivity index is 2.46. The minimum Gasteiger partial charge on any atom is -0.399 e. The molecule has 1 aromatic carbocycles. The average molecular weight is 173 g/mol. The van der Waals surface area contributed by atoms with Gasteiger partial charge in [-0.1, -0.05) is 6.07 Å². The number of nitrogen functional groups attached to an aromatic ring is 1. The standard InChI is InChI=1S/C10H11N3/c1-8-6-12-13(7-8)10-4-2-3-9(11)5-10/h2-7H,11H2,1H3. The molecule has 2 rings (SSSR count). The van der Waals surface area contributed by atoms with Crippen LogP contribution in [-0.4, -0.2) is 9.78 Å². The van der Waals surface area contributed by atoms with Crippen LogP contribution < -0.4 is 5.73 Å². The fraction of sp³-hybridized carbons (Fsp3) is 0.100. The van der Waals surface area contributed by atoms with E-state index in [-0.39, 0.29) is 0 Å². The van der Waals surface area contributed by atoms with Gasteiger partial charge < -0.3 is 5.73 Å². The summed E-state index contributed by atoms with van der Waals surface area (Å²) in [5, 5.41) is 4.19. The Morgan fingerprint density at radius 1 is 1.38 bits per heavy atom. The van der Waals surface area contributed by atoms with Crippen molar-refractivity contribution in [2.75, 3.05) is 5.73 Å². The third kappa shape index (κ3) is 1.54. The summed E-state index contributed by atoms with van der Waals surface area (Å²) in [5.74, 6) is 0. The van der Waals surface area contributed by atoms with E-state index in [4.69, 9.17) is 5.73 Å². The van der Waals surface area contributed by atoms with E-state index >= 15 is 0 Å². The van der Waals surface area contributed by atoms with E-state index in [1.165, 1.54) is 0 Å². The fourth-order valence-electron chi connectivity index (χ4n) is 1.22. The lowest BCUT2D eigenvalue weighted by molar-refractivity contribution is 0.881. The lowest BCUT2D eigenvalue weighted by Crippen LogP contribution is -1.95. The topological polar surface area (TPSA) is 43.8 Å². The molecule has 0 radical (unpaired) electrons. The van der Waals surface area contributed by atoms with Crippen molar-refractivity contribution in [2.45, 2.75) is 6.92 Å². The second-order valence-electron chi connectivity index (χ2n) is 3.06. The number of hydrogen-bond acceptors (Lipinski definition) is 2. The predicted molar refractivity (Wildman–Crippen MR) is 52.7 cm³/mol. The van der Waals surface area contributed by atoms with Crippen molar-refractivity contribution in [3.05, 3.63) is 42.2 Å². The summed E-state index contributed by atoms with van der Waals surface area (Å²) in [6.45, 7) is 2.01. The van der Waals surface area contributed by atoms with Gasteiger partial charge in [-0.2, -0.15) is 5.10 Å². The molecule has 0 atom stereocenters. The van der Waals surface area contributed by atoms with E-state index in [0.29, 0.717) is 0 Å². The molecule has 0 aliphatic rings. The van der Waals surface area contributed by atoms with Gasteiger partial charge in [0.15, 0.2) is 0 Å². The number of rotatable bonds is 1. The van der Waals surface area contributed by atoms with Gasteiger partial charge in [-0.05, 0) is 30.7 Å². The number of benzene rings is 1. The van der Waals surface area contributed by atoms with E-state index in [1.807, 2.05) is 48.3 Å². The molecule has 0 fully saturated rings. The third-order valence-electron chi connectivity index (χ3n) is 1.85. The summed E-state index contributed by atoms with van der Waals surface area (Å²) >= 11 is 0. The van der Waals surface area contributed by atoms with Crippen LogP contribution in [0.4, 0.5) is 5.69 Å². The first-order valence-corrected chi connectivity index (χ1v) is 4.13. The van der Waals surface area contributed by atoms with E-state index in [9.17, 15) is 0 Å². The molecule has 3 heteroatoms. The van der Waals surface area contributed by atoms with Crippen molar-refractivity contribution in [1.82, 2.24) is 9.78 Å². The highest BCUT2D eigenvalue weighted by Gasteiger charge is 1.97. The first kappa shape index (κ1) is 7.86. The molecule has 2 aromatic rings. The summed E-state index contributed by atoms with van der Waals surface area (Å²) in [4.78, 5) is 0. The molecule has 0 saturated heterocycles. The molecule has 0 bridgehead atoms. The summed E-state index contributed by atoms with van der Waals surface area (Å²) in [6.07, 6.45) is 3.79. The van der Waals surface area contributed by atoms with Crippen molar-refractivity contribution in [3.8, 4) is 5.69 Å². The summed E-state index contributed by atoms with van der Waals surface area (Å²) in [7, 11) is 0. The monoisotopic (exact) mass is 173 g/mol. The molecular weight excluding hydrogens is 162 g/mol. The highest BCUT2D eigenvalue weighted by molar-refractivity contribution is 5.47. The van der Waals surface area contributed by atoms with Gasteiger partial charge in [0, 0.05) is 11.9 Å². The second kappa shape index (κ2) is 2.94. The Labute approximate surface area is 76.8 Å². The Kier molecular flexibility index (Phi) is 1.77. The van der Waals surface area contributed by atoms with Gasteiger partial charge in [-0.3, -0.25) is 0 Å². The maximum absolute atomic E-state index is 5.66. The van der Waals surface area contributed by atoms with Gasteiger partial charge in [0.1, 0.15) is 0 Å². The minimum absolute atomic E-state index is 0.755. The van der Waals surface area contributed by atoms with Gasteiger partial charge in [-0.25, -0.2) is 4.68 Å². The first-order chi connectivity index (χ1) is 6.25. The number of aromatic nitrogens is 2. The molecular formula is C10H11N3. The van der Waals surface area contributed by atoms with Gasteiger partial charge in [0.25, 0.3) is 0 Å². The van der Waals surface area contributed by atoms with E-state index < -0.39 is 0 Å². The van der Waals surface area contributed by atoms with Crippen LogP contribution in [0.25, 0.3) is 5.69 Å². The molecule has 3 nitrogen and oxygen atoms in total. The van der Waals surface area contributed by atoms with Crippen LogP contribution in [0.2, 0.25) is 0 Å². The number of hydrogen-bond donors (Lipinski definition) is 1. The molecule has 13 heavy (non-hydrogen) atoms. The van der Waals surface area contributed by atoms with Crippen LogP contribution in [0.3, 0.4) is 0 Å². The number of nitrogens with two attached hydrogens (primary N) is 1.